The third-order valence-corrected chi connectivity index (χ3v) is 17.0. The van der Waals surface area contributed by atoms with E-state index in [1.807, 2.05) is 11.8 Å². The minimum absolute atomic E-state index is 0.0578. The van der Waals surface area contributed by atoms with Crippen molar-refractivity contribution in [3.05, 3.63) is 30.3 Å². The summed E-state index contributed by atoms with van der Waals surface area (Å²) in [4.78, 5) is 1.31. The fraction of sp³-hybridized carbons (Fsp3) is 0.692. The number of hydrogen-bond donors (Lipinski definition) is 0. The normalized spacial score (nSPS) is 15.4. The van der Waals surface area contributed by atoms with Crippen LogP contribution in [-0.4, -0.2) is 34.6 Å². The number of benzene rings is 1. The predicted molar refractivity (Wildman–Crippen MR) is 144 cm³/mol. The second kappa shape index (κ2) is 11.6. The lowest BCUT2D eigenvalue weighted by Gasteiger charge is -2.42. The van der Waals surface area contributed by atoms with E-state index in [4.69, 9.17) is 15.3 Å². The first-order chi connectivity index (χ1) is 14.1. The summed E-state index contributed by atoms with van der Waals surface area (Å²) < 4.78 is 13.7. The molecular weight excluding hydrogens is 433 g/mol. The molecule has 1 aromatic rings. The molecule has 0 amide bonds. The summed E-state index contributed by atoms with van der Waals surface area (Å²) in [6.07, 6.45) is 8.51. The van der Waals surface area contributed by atoms with Crippen LogP contribution >= 0.6 is 11.8 Å². The largest absolute Gasteiger partial charge is 0.414 e. The molecule has 0 aliphatic carbocycles. The highest BCUT2D eigenvalue weighted by atomic mass is 32.2. The molecule has 0 heterocycles. The summed E-state index contributed by atoms with van der Waals surface area (Å²) in [6.45, 7) is 23.1. The van der Waals surface area contributed by atoms with E-state index in [1.54, 1.807) is 0 Å². The minimum atomic E-state index is -1.90. The van der Waals surface area contributed by atoms with Crippen molar-refractivity contribution in [2.24, 2.45) is 0 Å². The smallest absolute Gasteiger partial charge is 0.192 e. The molecule has 0 bridgehead atoms. The molecule has 0 fully saturated rings. The van der Waals surface area contributed by atoms with Crippen LogP contribution in [0.2, 0.25) is 36.3 Å². The number of thioether (sulfide) groups is 1. The SMILES string of the molecule is C#CC[C@H](C[C@H](CCSc1ccccc1)O[Si](C)(C)C(C)(C)C)O[Si](C)(C)C(C)(C)C. The highest BCUT2D eigenvalue weighted by molar-refractivity contribution is 7.99. The number of terminal acetylenes is 1. The van der Waals surface area contributed by atoms with Gasteiger partial charge in [0.05, 0.1) is 6.10 Å². The maximum absolute atomic E-state index is 6.91. The van der Waals surface area contributed by atoms with Gasteiger partial charge in [-0.15, -0.1) is 24.1 Å². The van der Waals surface area contributed by atoms with Crippen LogP contribution in [0, 0.1) is 12.3 Å². The van der Waals surface area contributed by atoms with E-state index in [0.717, 1.165) is 18.6 Å². The molecule has 0 aliphatic rings. The third kappa shape index (κ3) is 9.47. The highest BCUT2D eigenvalue weighted by Crippen LogP contribution is 2.40. The van der Waals surface area contributed by atoms with Crippen molar-refractivity contribution in [3.63, 3.8) is 0 Å². The monoisotopic (exact) mass is 478 g/mol. The zero-order chi connectivity index (χ0) is 23.9. The highest BCUT2D eigenvalue weighted by Gasteiger charge is 2.42. The van der Waals surface area contributed by atoms with Gasteiger partial charge in [-0.1, -0.05) is 59.7 Å². The van der Waals surface area contributed by atoms with Crippen molar-refractivity contribution >= 4 is 28.4 Å². The van der Waals surface area contributed by atoms with Crippen molar-refractivity contribution in [1.29, 1.82) is 0 Å². The van der Waals surface area contributed by atoms with E-state index >= 15 is 0 Å². The van der Waals surface area contributed by atoms with Crippen molar-refractivity contribution < 1.29 is 8.85 Å². The second-order valence-corrected chi connectivity index (χ2v) is 22.3. The van der Waals surface area contributed by atoms with Crippen molar-refractivity contribution in [2.45, 2.75) is 114 Å². The molecule has 0 aliphatic heterocycles. The van der Waals surface area contributed by atoms with E-state index in [2.05, 4.69) is 104 Å². The van der Waals surface area contributed by atoms with Gasteiger partial charge in [-0.2, -0.15) is 0 Å². The average Bonchev–Trinajstić information content (AvgIpc) is 2.60. The zero-order valence-electron chi connectivity index (χ0n) is 21.7. The van der Waals surface area contributed by atoms with Crippen molar-refractivity contribution in [3.8, 4) is 12.3 Å². The Morgan fingerprint density at radius 3 is 1.81 bits per heavy atom. The fourth-order valence-corrected chi connectivity index (χ4v) is 6.57. The van der Waals surface area contributed by atoms with Gasteiger partial charge >= 0.3 is 0 Å². The Balaban J connectivity index is 2.96. The van der Waals surface area contributed by atoms with Gasteiger partial charge in [0.25, 0.3) is 0 Å². The molecule has 0 saturated carbocycles. The van der Waals surface area contributed by atoms with E-state index in [-0.39, 0.29) is 22.3 Å². The van der Waals surface area contributed by atoms with Crippen LogP contribution in [0.3, 0.4) is 0 Å². The van der Waals surface area contributed by atoms with E-state index in [9.17, 15) is 0 Å². The van der Waals surface area contributed by atoms with Crippen LogP contribution < -0.4 is 0 Å². The molecule has 5 heteroatoms. The van der Waals surface area contributed by atoms with E-state index < -0.39 is 16.6 Å². The molecule has 31 heavy (non-hydrogen) atoms. The molecule has 1 rings (SSSR count). The summed E-state index contributed by atoms with van der Waals surface area (Å²) in [5, 5.41) is 0.346. The minimum Gasteiger partial charge on any atom is -0.414 e. The lowest BCUT2D eigenvalue weighted by molar-refractivity contribution is 0.0929. The Bertz CT molecular complexity index is 697. The first kappa shape index (κ1) is 28.5. The molecule has 0 aromatic heterocycles. The summed E-state index contributed by atoms with van der Waals surface area (Å²) in [6, 6.07) is 10.6. The summed E-state index contributed by atoms with van der Waals surface area (Å²) in [5.41, 5.74) is 0. The van der Waals surface area contributed by atoms with Gasteiger partial charge in [0, 0.05) is 23.2 Å². The Labute approximate surface area is 199 Å². The molecule has 1 aromatic carbocycles. The van der Waals surface area contributed by atoms with Crippen LogP contribution in [0.25, 0.3) is 0 Å². The summed E-state index contributed by atoms with van der Waals surface area (Å²) >= 11 is 1.90. The van der Waals surface area contributed by atoms with Crippen LogP contribution in [0.4, 0.5) is 0 Å². The van der Waals surface area contributed by atoms with Gasteiger partial charge in [0.15, 0.2) is 16.6 Å². The number of hydrogen-bond acceptors (Lipinski definition) is 3. The quantitative estimate of drug-likeness (QED) is 0.181. The van der Waals surface area contributed by atoms with Gasteiger partial charge in [-0.05, 0) is 61.2 Å². The van der Waals surface area contributed by atoms with E-state index in [1.165, 1.54) is 4.90 Å². The molecule has 0 saturated heterocycles. The van der Waals surface area contributed by atoms with Gasteiger partial charge in [0.2, 0.25) is 0 Å². The first-order valence-electron chi connectivity index (χ1n) is 11.6. The van der Waals surface area contributed by atoms with Crippen molar-refractivity contribution in [1.82, 2.24) is 0 Å². The maximum Gasteiger partial charge on any atom is 0.192 e. The Morgan fingerprint density at radius 1 is 0.871 bits per heavy atom. The van der Waals surface area contributed by atoms with Crippen LogP contribution in [0.5, 0.6) is 0 Å². The van der Waals surface area contributed by atoms with E-state index in [0.29, 0.717) is 6.42 Å². The van der Waals surface area contributed by atoms with Gasteiger partial charge in [-0.25, -0.2) is 0 Å². The Kier molecular flexibility index (Phi) is 10.6. The first-order valence-corrected chi connectivity index (χ1v) is 18.4. The lowest BCUT2D eigenvalue weighted by Crippen LogP contribution is -2.47. The van der Waals surface area contributed by atoms with Gasteiger partial charge in [-0.3, -0.25) is 0 Å². The molecule has 2 atom stereocenters. The fourth-order valence-electron chi connectivity index (χ4n) is 2.83. The predicted octanol–water partition coefficient (Wildman–Crippen LogP) is 8.36. The molecule has 0 unspecified atom stereocenters. The standard InChI is InChI=1S/C26H46O2SSi2/c1-12-16-22(27-30(8,9)25(2,3)4)21-23(28-31(10,11)26(5,6)7)19-20-29-24-17-14-13-15-18-24/h1,13-15,17-18,22-23H,16,19-21H2,2-11H3/t22-,23+/m1/s1. The number of rotatable bonds is 11. The molecular formula is C26H46O2SSi2. The topological polar surface area (TPSA) is 18.5 Å². The summed E-state index contributed by atoms with van der Waals surface area (Å²) in [5.74, 6) is 3.90. The van der Waals surface area contributed by atoms with Gasteiger partial charge < -0.3 is 8.85 Å². The molecule has 0 radical (unpaired) electrons. The maximum atomic E-state index is 6.91. The Hall–Kier alpha value is -0.516. The van der Waals surface area contributed by atoms with Crippen LogP contribution in [0.15, 0.2) is 35.2 Å². The van der Waals surface area contributed by atoms with Crippen molar-refractivity contribution in [2.75, 3.05) is 5.75 Å². The molecule has 0 spiro atoms. The average molecular weight is 479 g/mol. The molecule has 176 valence electrons. The van der Waals surface area contributed by atoms with Crippen LogP contribution in [-0.2, 0) is 8.85 Å². The summed E-state index contributed by atoms with van der Waals surface area (Å²) in [7, 11) is -3.78. The molecule has 0 N–H and O–H groups in total. The molecule has 2 nitrogen and oxygen atoms in total. The van der Waals surface area contributed by atoms with Crippen LogP contribution in [0.1, 0.15) is 60.8 Å². The second-order valence-electron chi connectivity index (χ2n) is 11.6. The zero-order valence-corrected chi connectivity index (χ0v) is 24.5. The van der Waals surface area contributed by atoms with Gasteiger partial charge in [0.1, 0.15) is 0 Å². The third-order valence-electron chi connectivity index (χ3n) is 6.86. The Morgan fingerprint density at radius 2 is 1.35 bits per heavy atom. The lowest BCUT2D eigenvalue weighted by atomic mass is 10.1.